The SMILES string of the molecule is C=C(C)c1cc(-n2nc3ccccc3n2)c(O)c(C(C)(C)CC)c1. The van der Waals surface area contributed by atoms with Crippen LogP contribution in [0.4, 0.5) is 0 Å². The van der Waals surface area contributed by atoms with Gasteiger partial charge in [-0.1, -0.05) is 45.1 Å². The Bertz CT molecular complexity index is 889. The van der Waals surface area contributed by atoms with E-state index in [1.807, 2.05) is 43.3 Å². The molecule has 0 spiro atoms. The molecular formula is C20H23N3O. The Balaban J connectivity index is 2.28. The maximum atomic E-state index is 10.9. The van der Waals surface area contributed by atoms with Crippen LogP contribution in [0, 0.1) is 0 Å². The fourth-order valence-electron chi connectivity index (χ4n) is 2.69. The highest BCUT2D eigenvalue weighted by Gasteiger charge is 2.25. The summed E-state index contributed by atoms with van der Waals surface area (Å²) in [5.41, 5.74) is 4.85. The van der Waals surface area contributed by atoms with Gasteiger partial charge in [-0.3, -0.25) is 0 Å². The Labute approximate surface area is 142 Å². The van der Waals surface area contributed by atoms with Crippen LogP contribution in [-0.2, 0) is 5.41 Å². The van der Waals surface area contributed by atoms with Crippen LogP contribution >= 0.6 is 0 Å². The van der Waals surface area contributed by atoms with Crippen LogP contribution in [0.1, 0.15) is 45.2 Å². The lowest BCUT2D eigenvalue weighted by molar-refractivity contribution is 0.424. The van der Waals surface area contributed by atoms with Crippen LogP contribution < -0.4 is 0 Å². The van der Waals surface area contributed by atoms with E-state index in [1.165, 1.54) is 4.80 Å². The van der Waals surface area contributed by atoms with Gasteiger partial charge >= 0.3 is 0 Å². The van der Waals surface area contributed by atoms with Crippen molar-refractivity contribution >= 4 is 16.6 Å². The lowest BCUT2D eigenvalue weighted by Crippen LogP contribution is -2.17. The molecule has 0 fully saturated rings. The first-order valence-corrected chi connectivity index (χ1v) is 8.19. The molecule has 1 heterocycles. The number of hydrogen-bond acceptors (Lipinski definition) is 3. The molecule has 0 unspecified atom stereocenters. The molecule has 24 heavy (non-hydrogen) atoms. The second-order valence-corrected chi connectivity index (χ2v) is 6.89. The van der Waals surface area contributed by atoms with Crippen molar-refractivity contribution in [3.8, 4) is 11.4 Å². The van der Waals surface area contributed by atoms with E-state index in [9.17, 15) is 5.11 Å². The van der Waals surface area contributed by atoms with Gasteiger partial charge in [-0.05, 0) is 48.6 Å². The molecule has 3 aromatic rings. The molecule has 3 rings (SSSR count). The molecule has 0 atom stereocenters. The number of phenols is 1. The Morgan fingerprint density at radius 2 is 1.75 bits per heavy atom. The summed E-state index contributed by atoms with van der Waals surface area (Å²) >= 11 is 0. The molecule has 0 aliphatic rings. The van der Waals surface area contributed by atoms with E-state index in [0.29, 0.717) is 5.69 Å². The quantitative estimate of drug-likeness (QED) is 0.747. The van der Waals surface area contributed by atoms with Gasteiger partial charge in [-0.25, -0.2) is 0 Å². The molecule has 1 N–H and O–H groups in total. The zero-order valence-corrected chi connectivity index (χ0v) is 14.7. The average molecular weight is 321 g/mol. The Kier molecular flexibility index (Phi) is 3.91. The largest absolute Gasteiger partial charge is 0.505 e. The number of benzene rings is 2. The highest BCUT2D eigenvalue weighted by atomic mass is 16.3. The molecule has 0 saturated carbocycles. The van der Waals surface area contributed by atoms with E-state index in [1.54, 1.807) is 0 Å². The third-order valence-electron chi connectivity index (χ3n) is 4.70. The third-order valence-corrected chi connectivity index (χ3v) is 4.70. The minimum absolute atomic E-state index is 0.156. The Morgan fingerprint density at radius 3 is 2.25 bits per heavy atom. The number of phenolic OH excluding ortho intramolecular Hbond substituents is 1. The molecule has 0 radical (unpaired) electrons. The lowest BCUT2D eigenvalue weighted by atomic mass is 9.80. The molecule has 0 aliphatic carbocycles. The van der Waals surface area contributed by atoms with Crippen LogP contribution in [0.3, 0.4) is 0 Å². The lowest BCUT2D eigenvalue weighted by Gasteiger charge is -2.26. The Morgan fingerprint density at radius 1 is 1.17 bits per heavy atom. The van der Waals surface area contributed by atoms with Crippen LogP contribution in [0.2, 0.25) is 0 Å². The summed E-state index contributed by atoms with van der Waals surface area (Å²) in [5, 5.41) is 19.9. The molecule has 0 amide bonds. The molecule has 1 aromatic heterocycles. The minimum Gasteiger partial charge on any atom is -0.505 e. The summed E-state index contributed by atoms with van der Waals surface area (Å²) in [5.74, 6) is 0.229. The van der Waals surface area contributed by atoms with Gasteiger partial charge in [0, 0.05) is 5.56 Å². The smallest absolute Gasteiger partial charge is 0.146 e. The van der Waals surface area contributed by atoms with Crippen LogP contribution in [0.5, 0.6) is 5.75 Å². The molecular weight excluding hydrogens is 298 g/mol. The fourth-order valence-corrected chi connectivity index (χ4v) is 2.69. The van der Waals surface area contributed by atoms with Gasteiger partial charge in [0.25, 0.3) is 0 Å². The van der Waals surface area contributed by atoms with Crippen molar-refractivity contribution in [2.24, 2.45) is 0 Å². The summed E-state index contributed by atoms with van der Waals surface area (Å²) < 4.78 is 0. The minimum atomic E-state index is -0.156. The van der Waals surface area contributed by atoms with E-state index in [-0.39, 0.29) is 11.2 Å². The first kappa shape index (κ1) is 16.2. The molecule has 124 valence electrons. The van der Waals surface area contributed by atoms with Crippen molar-refractivity contribution in [1.29, 1.82) is 0 Å². The first-order valence-electron chi connectivity index (χ1n) is 8.19. The molecule has 4 heteroatoms. The number of hydrogen-bond donors (Lipinski definition) is 1. The average Bonchev–Trinajstić information content (AvgIpc) is 2.98. The number of rotatable bonds is 4. The van der Waals surface area contributed by atoms with Crippen molar-refractivity contribution < 1.29 is 5.11 Å². The molecule has 0 aliphatic heterocycles. The van der Waals surface area contributed by atoms with Gasteiger partial charge in [-0.2, -0.15) is 0 Å². The van der Waals surface area contributed by atoms with E-state index in [4.69, 9.17) is 0 Å². The standard InChI is InChI=1S/C20H23N3O/c1-6-20(4,5)15-11-14(13(2)3)12-18(19(15)24)23-21-16-9-7-8-10-17(16)22-23/h7-12,24H,2,6H2,1,3-5H3. The summed E-state index contributed by atoms with van der Waals surface area (Å²) in [6, 6.07) is 11.6. The van der Waals surface area contributed by atoms with Gasteiger partial charge in [0.2, 0.25) is 0 Å². The zero-order chi connectivity index (χ0) is 17.5. The third kappa shape index (κ3) is 2.68. The normalized spacial score (nSPS) is 11.8. The molecule has 2 aromatic carbocycles. The summed E-state index contributed by atoms with van der Waals surface area (Å²) in [6.07, 6.45) is 0.911. The molecule has 0 bridgehead atoms. The number of allylic oxidation sites excluding steroid dienone is 1. The van der Waals surface area contributed by atoms with Gasteiger partial charge in [-0.15, -0.1) is 15.0 Å². The number of aromatic hydroxyl groups is 1. The summed E-state index contributed by atoms with van der Waals surface area (Å²) in [7, 11) is 0. The molecule has 4 nitrogen and oxygen atoms in total. The molecule has 0 saturated heterocycles. The van der Waals surface area contributed by atoms with Crippen LogP contribution in [-0.4, -0.2) is 20.1 Å². The number of aromatic nitrogens is 3. The second kappa shape index (κ2) is 5.78. The summed E-state index contributed by atoms with van der Waals surface area (Å²) in [6.45, 7) is 12.4. The predicted molar refractivity (Wildman–Crippen MR) is 98.6 cm³/mol. The maximum absolute atomic E-state index is 10.9. The highest BCUT2D eigenvalue weighted by Crippen LogP contribution is 2.39. The van der Waals surface area contributed by atoms with Gasteiger partial charge in [0.1, 0.15) is 22.5 Å². The maximum Gasteiger partial charge on any atom is 0.146 e. The van der Waals surface area contributed by atoms with Crippen molar-refractivity contribution in [3.05, 3.63) is 54.1 Å². The first-order chi connectivity index (χ1) is 11.3. The number of nitrogens with zero attached hydrogens (tertiary/aromatic N) is 3. The topological polar surface area (TPSA) is 50.9 Å². The van der Waals surface area contributed by atoms with Crippen molar-refractivity contribution in [3.63, 3.8) is 0 Å². The number of fused-ring (bicyclic) bond motifs is 1. The van der Waals surface area contributed by atoms with Gasteiger partial charge < -0.3 is 5.11 Å². The highest BCUT2D eigenvalue weighted by molar-refractivity contribution is 5.74. The predicted octanol–water partition coefficient (Wildman–Crippen LogP) is 4.85. The summed E-state index contributed by atoms with van der Waals surface area (Å²) in [4.78, 5) is 1.52. The van der Waals surface area contributed by atoms with E-state index in [2.05, 4.69) is 37.5 Å². The van der Waals surface area contributed by atoms with Gasteiger partial charge in [0.15, 0.2) is 0 Å². The second-order valence-electron chi connectivity index (χ2n) is 6.89. The van der Waals surface area contributed by atoms with Crippen LogP contribution in [0.15, 0.2) is 43.0 Å². The van der Waals surface area contributed by atoms with E-state index >= 15 is 0 Å². The van der Waals surface area contributed by atoms with Crippen molar-refractivity contribution in [2.45, 2.75) is 39.5 Å². The van der Waals surface area contributed by atoms with E-state index in [0.717, 1.165) is 34.2 Å². The van der Waals surface area contributed by atoms with Crippen molar-refractivity contribution in [1.82, 2.24) is 15.0 Å². The Hall–Kier alpha value is -2.62. The monoisotopic (exact) mass is 321 g/mol. The van der Waals surface area contributed by atoms with Crippen LogP contribution in [0.25, 0.3) is 22.3 Å². The van der Waals surface area contributed by atoms with Crippen molar-refractivity contribution in [2.75, 3.05) is 0 Å². The van der Waals surface area contributed by atoms with E-state index < -0.39 is 0 Å². The van der Waals surface area contributed by atoms with Gasteiger partial charge in [0.05, 0.1) is 0 Å². The fraction of sp³-hybridized carbons (Fsp3) is 0.300. The zero-order valence-electron chi connectivity index (χ0n) is 14.7.